The Morgan fingerprint density at radius 1 is 1.16 bits per heavy atom. The number of likely N-dealkylation sites (N-methyl/N-ethyl adjacent to an activating group) is 1. The van der Waals surface area contributed by atoms with Gasteiger partial charge in [0.2, 0.25) is 5.91 Å². The SMILES string of the molecule is CCN(CC)CCn1ccc2cc(NC(=O)C3CCN(C(=O)OCC(C)C)CC3)ccc21. The highest BCUT2D eigenvalue weighted by atomic mass is 16.6. The molecule has 2 amide bonds. The molecule has 7 heteroatoms. The summed E-state index contributed by atoms with van der Waals surface area (Å²) in [6, 6.07) is 8.21. The number of aromatic nitrogens is 1. The third-order valence-electron chi connectivity index (χ3n) is 6.25. The summed E-state index contributed by atoms with van der Waals surface area (Å²) in [7, 11) is 0. The van der Waals surface area contributed by atoms with Crippen molar-refractivity contribution < 1.29 is 14.3 Å². The van der Waals surface area contributed by atoms with Crippen LogP contribution in [0.5, 0.6) is 0 Å². The van der Waals surface area contributed by atoms with E-state index < -0.39 is 0 Å². The summed E-state index contributed by atoms with van der Waals surface area (Å²) in [5, 5.41) is 4.20. The molecule has 1 saturated heterocycles. The summed E-state index contributed by atoms with van der Waals surface area (Å²) in [5.74, 6) is 0.262. The van der Waals surface area contributed by atoms with Crippen LogP contribution in [0.4, 0.5) is 10.5 Å². The molecule has 0 unspecified atom stereocenters. The molecule has 176 valence electrons. The molecule has 1 N–H and O–H groups in total. The number of anilines is 1. The molecule has 0 atom stereocenters. The molecule has 7 nitrogen and oxygen atoms in total. The van der Waals surface area contributed by atoms with Gasteiger partial charge in [0.1, 0.15) is 0 Å². The molecule has 1 aromatic heterocycles. The first-order valence-corrected chi connectivity index (χ1v) is 11.9. The molecule has 1 aliphatic heterocycles. The quantitative estimate of drug-likeness (QED) is 0.624. The van der Waals surface area contributed by atoms with Crippen LogP contribution in [0.2, 0.25) is 0 Å². The Bertz CT molecular complexity index is 896. The van der Waals surface area contributed by atoms with Crippen molar-refractivity contribution in [3.63, 3.8) is 0 Å². The number of benzene rings is 1. The van der Waals surface area contributed by atoms with E-state index in [9.17, 15) is 9.59 Å². The highest BCUT2D eigenvalue weighted by molar-refractivity contribution is 5.95. The summed E-state index contributed by atoms with van der Waals surface area (Å²) < 4.78 is 7.57. The summed E-state index contributed by atoms with van der Waals surface area (Å²) in [6.07, 6.45) is 3.17. The van der Waals surface area contributed by atoms with Crippen LogP contribution in [-0.4, -0.2) is 65.7 Å². The maximum Gasteiger partial charge on any atom is 0.409 e. The lowest BCUT2D eigenvalue weighted by Crippen LogP contribution is -2.42. The zero-order valence-corrected chi connectivity index (χ0v) is 20.0. The summed E-state index contributed by atoms with van der Waals surface area (Å²) in [5.41, 5.74) is 2.01. The number of likely N-dealkylation sites (tertiary alicyclic amines) is 1. The largest absolute Gasteiger partial charge is 0.449 e. The number of ether oxygens (including phenoxy) is 1. The van der Waals surface area contributed by atoms with Gasteiger partial charge in [0, 0.05) is 54.9 Å². The molecule has 1 aromatic carbocycles. The third-order valence-corrected chi connectivity index (χ3v) is 6.25. The molecule has 32 heavy (non-hydrogen) atoms. The normalized spacial score (nSPS) is 15.0. The van der Waals surface area contributed by atoms with Crippen molar-refractivity contribution in [2.45, 2.75) is 47.1 Å². The summed E-state index contributed by atoms with van der Waals surface area (Å²) in [4.78, 5) is 29.0. The van der Waals surface area contributed by atoms with Gasteiger partial charge in [-0.2, -0.15) is 0 Å². The Morgan fingerprint density at radius 3 is 2.53 bits per heavy atom. The van der Waals surface area contributed by atoms with Crippen molar-refractivity contribution >= 4 is 28.6 Å². The van der Waals surface area contributed by atoms with Gasteiger partial charge in [-0.15, -0.1) is 0 Å². The molecule has 0 spiro atoms. The first-order valence-electron chi connectivity index (χ1n) is 11.9. The molecule has 2 heterocycles. The van der Waals surface area contributed by atoms with Crippen molar-refractivity contribution in [2.24, 2.45) is 11.8 Å². The van der Waals surface area contributed by atoms with Crippen LogP contribution < -0.4 is 5.32 Å². The zero-order chi connectivity index (χ0) is 23.1. The molecular formula is C25H38N4O3. The van der Waals surface area contributed by atoms with E-state index in [1.807, 2.05) is 26.0 Å². The van der Waals surface area contributed by atoms with Crippen LogP contribution in [0.3, 0.4) is 0 Å². The average Bonchev–Trinajstić information content (AvgIpc) is 3.20. The lowest BCUT2D eigenvalue weighted by Gasteiger charge is -2.30. The highest BCUT2D eigenvalue weighted by Crippen LogP contribution is 2.24. The number of piperidine rings is 1. The van der Waals surface area contributed by atoms with Gasteiger partial charge in [-0.25, -0.2) is 4.79 Å². The van der Waals surface area contributed by atoms with E-state index in [0.29, 0.717) is 38.5 Å². The number of hydrogen-bond acceptors (Lipinski definition) is 4. The Kier molecular flexibility index (Phi) is 8.56. The van der Waals surface area contributed by atoms with Crippen LogP contribution in [-0.2, 0) is 16.1 Å². The van der Waals surface area contributed by atoms with Gasteiger partial charge in [-0.3, -0.25) is 4.79 Å². The number of nitrogens with zero attached hydrogens (tertiary/aromatic N) is 3. The van der Waals surface area contributed by atoms with E-state index in [4.69, 9.17) is 4.74 Å². The van der Waals surface area contributed by atoms with E-state index in [1.54, 1.807) is 4.90 Å². The fraction of sp³-hybridized carbons (Fsp3) is 0.600. The van der Waals surface area contributed by atoms with E-state index in [2.05, 4.69) is 47.0 Å². The van der Waals surface area contributed by atoms with Gasteiger partial charge in [0.25, 0.3) is 0 Å². The van der Waals surface area contributed by atoms with Crippen molar-refractivity contribution in [1.29, 1.82) is 0 Å². The Morgan fingerprint density at radius 2 is 1.88 bits per heavy atom. The predicted molar refractivity (Wildman–Crippen MR) is 129 cm³/mol. The minimum absolute atomic E-state index is 0.0283. The second kappa shape index (κ2) is 11.4. The van der Waals surface area contributed by atoms with Crippen LogP contribution in [0.1, 0.15) is 40.5 Å². The fourth-order valence-electron chi connectivity index (χ4n) is 4.16. The fourth-order valence-corrected chi connectivity index (χ4v) is 4.16. The zero-order valence-electron chi connectivity index (χ0n) is 20.0. The first-order chi connectivity index (χ1) is 15.4. The maximum atomic E-state index is 12.8. The molecular weight excluding hydrogens is 404 g/mol. The second-order valence-electron chi connectivity index (χ2n) is 9.03. The Balaban J connectivity index is 1.52. The molecule has 0 radical (unpaired) electrons. The lowest BCUT2D eigenvalue weighted by molar-refractivity contribution is -0.121. The average molecular weight is 443 g/mol. The molecule has 1 aliphatic rings. The topological polar surface area (TPSA) is 66.8 Å². The minimum atomic E-state index is -0.270. The number of rotatable bonds is 9. The molecule has 3 rings (SSSR count). The third kappa shape index (κ3) is 6.25. The van der Waals surface area contributed by atoms with Gasteiger partial charge in [0.05, 0.1) is 6.61 Å². The monoisotopic (exact) mass is 442 g/mol. The maximum absolute atomic E-state index is 12.8. The van der Waals surface area contributed by atoms with Gasteiger partial charge in [-0.05, 0) is 56.1 Å². The molecule has 1 fully saturated rings. The molecule has 0 saturated carbocycles. The lowest BCUT2D eigenvalue weighted by atomic mass is 9.96. The van der Waals surface area contributed by atoms with Crippen molar-refractivity contribution in [3.05, 3.63) is 30.5 Å². The smallest absolute Gasteiger partial charge is 0.409 e. The molecule has 0 aliphatic carbocycles. The van der Waals surface area contributed by atoms with Gasteiger partial charge in [0.15, 0.2) is 0 Å². The minimum Gasteiger partial charge on any atom is -0.449 e. The Hall–Kier alpha value is -2.54. The van der Waals surface area contributed by atoms with Gasteiger partial charge < -0.3 is 24.4 Å². The number of fused-ring (bicyclic) bond motifs is 1. The number of carbonyl (C=O) groups is 2. The standard InChI is InChI=1S/C25H38N4O3/c1-5-27(6-2)15-16-28-12-11-21-17-22(7-8-23(21)28)26-24(30)20-9-13-29(14-10-20)25(31)32-18-19(3)4/h7-8,11-12,17,19-20H,5-6,9-10,13-16,18H2,1-4H3,(H,26,30). The van der Waals surface area contributed by atoms with Crippen LogP contribution in [0.25, 0.3) is 10.9 Å². The highest BCUT2D eigenvalue weighted by Gasteiger charge is 2.28. The van der Waals surface area contributed by atoms with Crippen LogP contribution >= 0.6 is 0 Å². The van der Waals surface area contributed by atoms with Crippen molar-refractivity contribution in [3.8, 4) is 0 Å². The van der Waals surface area contributed by atoms with E-state index in [1.165, 1.54) is 5.52 Å². The van der Waals surface area contributed by atoms with Crippen LogP contribution in [0.15, 0.2) is 30.5 Å². The first kappa shape index (κ1) is 24.1. The molecule has 0 bridgehead atoms. The predicted octanol–water partition coefficient (Wildman–Crippen LogP) is 4.43. The van der Waals surface area contributed by atoms with Crippen molar-refractivity contribution in [2.75, 3.05) is 44.6 Å². The molecule has 2 aromatic rings. The number of nitrogens with one attached hydrogen (secondary N) is 1. The van der Waals surface area contributed by atoms with Gasteiger partial charge >= 0.3 is 6.09 Å². The van der Waals surface area contributed by atoms with E-state index >= 15 is 0 Å². The Labute approximate surface area is 191 Å². The van der Waals surface area contributed by atoms with Crippen LogP contribution in [0, 0.1) is 11.8 Å². The number of carbonyl (C=O) groups excluding carboxylic acids is 2. The van der Waals surface area contributed by atoms with Crippen molar-refractivity contribution in [1.82, 2.24) is 14.4 Å². The summed E-state index contributed by atoms with van der Waals surface area (Å²) in [6.45, 7) is 14.1. The number of amides is 2. The second-order valence-corrected chi connectivity index (χ2v) is 9.03. The van der Waals surface area contributed by atoms with E-state index in [0.717, 1.165) is 37.3 Å². The number of hydrogen-bond donors (Lipinski definition) is 1. The summed E-state index contributed by atoms with van der Waals surface area (Å²) >= 11 is 0. The van der Waals surface area contributed by atoms with E-state index in [-0.39, 0.29) is 17.9 Å². The van der Waals surface area contributed by atoms with Gasteiger partial charge in [-0.1, -0.05) is 27.7 Å².